The number of carbonyl (C=O) groups is 3. The number of ether oxygens (including phenoxy) is 1. The minimum atomic E-state index is -0.836. The highest BCUT2D eigenvalue weighted by atomic mass is 16.5. The molecule has 7 nitrogen and oxygen atoms in total. The number of hydrogen-bond donors (Lipinski definition) is 3. The summed E-state index contributed by atoms with van der Waals surface area (Å²) in [5.41, 5.74) is 4.72. The third kappa shape index (κ3) is 5.58. The second-order valence-electron chi connectivity index (χ2n) is 9.15. The van der Waals surface area contributed by atoms with Gasteiger partial charge in [0.2, 0.25) is 5.91 Å². The van der Waals surface area contributed by atoms with Crippen LogP contribution in [0.3, 0.4) is 0 Å². The summed E-state index contributed by atoms with van der Waals surface area (Å²) in [6.07, 6.45) is 4.01. The lowest BCUT2D eigenvalue weighted by atomic mass is 9.76. The summed E-state index contributed by atoms with van der Waals surface area (Å²) >= 11 is 0. The molecule has 0 bridgehead atoms. The zero-order chi connectivity index (χ0) is 23.9. The smallest absolute Gasteiger partial charge is 0.407 e. The van der Waals surface area contributed by atoms with Crippen molar-refractivity contribution in [1.29, 1.82) is 0 Å². The summed E-state index contributed by atoms with van der Waals surface area (Å²) in [5.74, 6) is -1.27. The molecule has 0 aromatic heterocycles. The lowest BCUT2D eigenvalue weighted by Gasteiger charge is -2.31. The van der Waals surface area contributed by atoms with Crippen molar-refractivity contribution in [1.82, 2.24) is 10.6 Å². The van der Waals surface area contributed by atoms with Gasteiger partial charge in [0.05, 0.1) is 5.92 Å². The summed E-state index contributed by atoms with van der Waals surface area (Å²) in [4.78, 5) is 35.6. The molecule has 1 unspecified atom stereocenters. The number of fused-ring (bicyclic) bond motifs is 3. The average Bonchev–Trinajstić information content (AvgIpc) is 3.12. The van der Waals surface area contributed by atoms with Gasteiger partial charge in [-0.05, 0) is 53.9 Å². The van der Waals surface area contributed by atoms with E-state index in [-0.39, 0.29) is 30.9 Å². The lowest BCUT2D eigenvalue weighted by Crippen LogP contribution is -2.39. The topological polar surface area (TPSA) is 105 Å². The van der Waals surface area contributed by atoms with E-state index in [1.165, 1.54) is 22.3 Å². The molecule has 2 aromatic carbocycles. The maximum atomic E-state index is 12.2. The molecule has 1 fully saturated rings. The fraction of sp³-hybridized carbons (Fsp3) is 0.444. The van der Waals surface area contributed by atoms with Crippen LogP contribution in [0.15, 0.2) is 48.5 Å². The van der Waals surface area contributed by atoms with Gasteiger partial charge in [0.15, 0.2) is 0 Å². The van der Waals surface area contributed by atoms with Crippen LogP contribution in [0.5, 0.6) is 0 Å². The first-order valence-electron chi connectivity index (χ1n) is 12.1. The van der Waals surface area contributed by atoms with Gasteiger partial charge in [0.1, 0.15) is 6.61 Å². The first-order valence-corrected chi connectivity index (χ1v) is 12.1. The molecule has 1 atom stereocenters. The number of aliphatic carboxylic acids is 1. The van der Waals surface area contributed by atoms with Crippen molar-refractivity contribution in [3.8, 4) is 11.1 Å². The molecule has 0 heterocycles. The Balaban J connectivity index is 1.13. The molecule has 34 heavy (non-hydrogen) atoms. The fourth-order valence-electron chi connectivity index (χ4n) is 4.86. The van der Waals surface area contributed by atoms with Gasteiger partial charge >= 0.3 is 12.1 Å². The van der Waals surface area contributed by atoms with E-state index in [9.17, 15) is 19.5 Å². The second-order valence-corrected chi connectivity index (χ2v) is 9.15. The Bertz CT molecular complexity index is 988. The monoisotopic (exact) mass is 464 g/mol. The third-order valence-corrected chi connectivity index (χ3v) is 7.00. The number of benzene rings is 2. The molecule has 3 N–H and O–H groups in total. The second kappa shape index (κ2) is 11.2. The van der Waals surface area contributed by atoms with Crippen LogP contribution in [0.2, 0.25) is 0 Å². The first kappa shape index (κ1) is 23.8. The van der Waals surface area contributed by atoms with Crippen molar-refractivity contribution >= 4 is 18.0 Å². The number of hydrogen-bond acceptors (Lipinski definition) is 4. The Morgan fingerprint density at radius 1 is 0.941 bits per heavy atom. The number of rotatable bonds is 11. The van der Waals surface area contributed by atoms with Crippen LogP contribution in [-0.4, -0.2) is 42.8 Å². The predicted molar refractivity (Wildman–Crippen MR) is 128 cm³/mol. The molecule has 2 aliphatic carbocycles. The highest BCUT2D eigenvalue weighted by molar-refractivity contribution is 5.79. The van der Waals surface area contributed by atoms with Crippen LogP contribution in [0.4, 0.5) is 4.79 Å². The van der Waals surface area contributed by atoms with Crippen molar-refractivity contribution in [2.75, 3.05) is 19.7 Å². The normalized spacial score (nSPS) is 15.5. The van der Waals surface area contributed by atoms with Crippen LogP contribution in [-0.2, 0) is 14.3 Å². The van der Waals surface area contributed by atoms with Gasteiger partial charge in [0.25, 0.3) is 0 Å². The van der Waals surface area contributed by atoms with Crippen LogP contribution in [0.25, 0.3) is 11.1 Å². The molecule has 2 aliphatic rings. The number of nitrogens with one attached hydrogen (secondary N) is 2. The fourth-order valence-corrected chi connectivity index (χ4v) is 4.86. The Morgan fingerprint density at radius 2 is 1.59 bits per heavy atom. The number of amides is 2. The number of carboxylic acids is 1. The first-order chi connectivity index (χ1) is 16.5. The van der Waals surface area contributed by atoms with Crippen LogP contribution in [0.1, 0.15) is 55.6 Å². The van der Waals surface area contributed by atoms with E-state index in [0.717, 1.165) is 19.3 Å². The molecule has 2 aromatic rings. The SMILES string of the molecule is O=C(CCCCNC(=O)OCC1c2ccccc2-c2ccccc21)NCC(C(=O)O)C1CCC1. The van der Waals surface area contributed by atoms with Gasteiger partial charge in [-0.25, -0.2) is 4.79 Å². The number of carbonyl (C=O) groups excluding carboxylic acids is 2. The van der Waals surface area contributed by atoms with Crippen molar-refractivity contribution in [3.63, 3.8) is 0 Å². The van der Waals surface area contributed by atoms with E-state index >= 15 is 0 Å². The van der Waals surface area contributed by atoms with E-state index in [0.29, 0.717) is 25.8 Å². The number of alkyl carbamates (subject to hydrolysis) is 1. The number of carboxylic acid groups (broad SMARTS) is 1. The van der Waals surface area contributed by atoms with Gasteiger partial charge < -0.3 is 20.5 Å². The summed E-state index contributed by atoms with van der Waals surface area (Å²) in [6, 6.07) is 16.4. The Hall–Kier alpha value is -3.35. The molecule has 0 saturated heterocycles. The largest absolute Gasteiger partial charge is 0.481 e. The molecule has 0 spiro atoms. The molecule has 2 amide bonds. The van der Waals surface area contributed by atoms with E-state index in [4.69, 9.17) is 4.74 Å². The predicted octanol–water partition coefficient (Wildman–Crippen LogP) is 4.31. The summed E-state index contributed by atoms with van der Waals surface area (Å²) < 4.78 is 5.51. The molecule has 4 rings (SSSR count). The Labute approximate surface area is 199 Å². The summed E-state index contributed by atoms with van der Waals surface area (Å²) in [7, 11) is 0. The van der Waals surface area contributed by atoms with Gasteiger partial charge in [-0.3, -0.25) is 9.59 Å². The standard InChI is InChI=1S/C27H32N2O5/c30-25(29-16-23(26(31)32)18-8-7-9-18)14-5-6-15-28-27(33)34-17-24-21-12-3-1-10-19(21)20-11-2-4-13-22(20)24/h1-4,10-13,18,23-24H,5-9,14-17H2,(H,28,33)(H,29,30)(H,31,32). The van der Waals surface area contributed by atoms with E-state index in [1.54, 1.807) is 0 Å². The van der Waals surface area contributed by atoms with Crippen molar-refractivity contribution in [2.24, 2.45) is 11.8 Å². The lowest BCUT2D eigenvalue weighted by molar-refractivity contribution is -0.144. The number of unbranched alkanes of at least 4 members (excludes halogenated alkanes) is 1. The van der Waals surface area contributed by atoms with Crippen molar-refractivity contribution < 1.29 is 24.2 Å². The summed E-state index contributed by atoms with van der Waals surface area (Å²) in [5, 5.41) is 14.8. The van der Waals surface area contributed by atoms with Crippen molar-refractivity contribution in [3.05, 3.63) is 59.7 Å². The van der Waals surface area contributed by atoms with Gasteiger partial charge in [-0.2, -0.15) is 0 Å². The molecule has 180 valence electrons. The Kier molecular flexibility index (Phi) is 7.83. The molecule has 7 heteroatoms. The maximum absolute atomic E-state index is 12.2. The zero-order valence-corrected chi connectivity index (χ0v) is 19.3. The molecular formula is C27H32N2O5. The average molecular weight is 465 g/mol. The van der Waals surface area contributed by atoms with Crippen molar-refractivity contribution in [2.45, 2.75) is 44.4 Å². The highest BCUT2D eigenvalue weighted by Gasteiger charge is 2.32. The molecule has 0 aliphatic heterocycles. The van der Waals surface area contributed by atoms with Crippen LogP contribution >= 0.6 is 0 Å². The van der Waals surface area contributed by atoms with Gasteiger partial charge in [0, 0.05) is 25.4 Å². The quantitative estimate of drug-likeness (QED) is 0.430. The van der Waals surface area contributed by atoms with Crippen LogP contribution in [0, 0.1) is 11.8 Å². The van der Waals surface area contributed by atoms with Gasteiger partial charge in [-0.1, -0.05) is 55.0 Å². The molecule has 0 radical (unpaired) electrons. The van der Waals surface area contributed by atoms with Gasteiger partial charge in [-0.15, -0.1) is 0 Å². The van der Waals surface area contributed by atoms with E-state index in [1.807, 2.05) is 24.3 Å². The molecule has 1 saturated carbocycles. The summed E-state index contributed by atoms with van der Waals surface area (Å²) in [6.45, 7) is 0.884. The van der Waals surface area contributed by atoms with Crippen LogP contribution < -0.4 is 10.6 Å². The molecular weight excluding hydrogens is 432 g/mol. The van der Waals surface area contributed by atoms with E-state index < -0.39 is 18.0 Å². The minimum Gasteiger partial charge on any atom is -0.481 e. The maximum Gasteiger partial charge on any atom is 0.407 e. The third-order valence-electron chi connectivity index (χ3n) is 7.00. The zero-order valence-electron chi connectivity index (χ0n) is 19.3. The Morgan fingerprint density at radius 3 is 2.18 bits per heavy atom. The highest BCUT2D eigenvalue weighted by Crippen LogP contribution is 2.44. The van der Waals surface area contributed by atoms with E-state index in [2.05, 4.69) is 34.9 Å². The minimum absolute atomic E-state index is 0.0245.